The van der Waals surface area contributed by atoms with Crippen molar-refractivity contribution >= 4 is 22.6 Å². The average Bonchev–Trinajstić information content (AvgIpc) is 3.00. The Morgan fingerprint density at radius 2 is 1.88 bits per heavy atom. The molecule has 1 aliphatic heterocycles. The number of benzene rings is 1. The molecule has 1 fully saturated rings. The smallest absolute Gasteiger partial charge is 0.270 e. The molecule has 0 N–H and O–H groups in total. The minimum atomic E-state index is -0.299. The van der Waals surface area contributed by atoms with Crippen molar-refractivity contribution in [2.75, 3.05) is 31.1 Å². The van der Waals surface area contributed by atoms with Gasteiger partial charge in [-0.25, -0.2) is 9.37 Å². The molecule has 0 atom stereocenters. The first kappa shape index (κ1) is 15.6. The van der Waals surface area contributed by atoms with E-state index in [9.17, 15) is 9.18 Å². The summed E-state index contributed by atoms with van der Waals surface area (Å²) in [5, 5.41) is 0.487. The number of pyridine rings is 1. The van der Waals surface area contributed by atoms with Gasteiger partial charge >= 0.3 is 0 Å². The molecule has 0 spiro atoms. The first-order valence-electron chi connectivity index (χ1n) is 8.34. The van der Waals surface area contributed by atoms with E-state index >= 15 is 0 Å². The molecule has 0 aliphatic carbocycles. The zero-order chi connectivity index (χ0) is 17.4. The van der Waals surface area contributed by atoms with Gasteiger partial charge in [0.1, 0.15) is 17.3 Å². The molecule has 5 nitrogen and oxygen atoms in total. The second-order valence-corrected chi connectivity index (χ2v) is 6.23. The van der Waals surface area contributed by atoms with Gasteiger partial charge in [0, 0.05) is 44.8 Å². The van der Waals surface area contributed by atoms with Crippen LogP contribution in [0.25, 0.3) is 10.9 Å². The number of hydrogen-bond donors (Lipinski definition) is 0. The van der Waals surface area contributed by atoms with Crippen molar-refractivity contribution in [2.45, 2.75) is 0 Å². The van der Waals surface area contributed by atoms with Gasteiger partial charge in [-0.3, -0.25) is 4.79 Å². The molecule has 0 radical (unpaired) electrons. The molecule has 3 heterocycles. The summed E-state index contributed by atoms with van der Waals surface area (Å²) in [6, 6.07) is 12.4. The summed E-state index contributed by atoms with van der Waals surface area (Å²) in [5.41, 5.74) is 1.25. The van der Waals surface area contributed by atoms with E-state index in [0.29, 0.717) is 24.2 Å². The van der Waals surface area contributed by atoms with Gasteiger partial charge in [-0.1, -0.05) is 12.1 Å². The fourth-order valence-corrected chi connectivity index (χ4v) is 3.37. The number of fused-ring (bicyclic) bond motifs is 1. The van der Waals surface area contributed by atoms with Crippen LogP contribution >= 0.6 is 0 Å². The molecule has 1 amide bonds. The second kappa shape index (κ2) is 6.20. The van der Waals surface area contributed by atoms with Crippen LogP contribution in [0.3, 0.4) is 0 Å². The van der Waals surface area contributed by atoms with Crippen LogP contribution in [-0.2, 0) is 7.05 Å². The number of amides is 1. The van der Waals surface area contributed by atoms with Crippen molar-refractivity contribution < 1.29 is 9.18 Å². The van der Waals surface area contributed by atoms with Crippen molar-refractivity contribution in [1.29, 1.82) is 0 Å². The van der Waals surface area contributed by atoms with Crippen molar-refractivity contribution in [2.24, 2.45) is 7.05 Å². The van der Waals surface area contributed by atoms with E-state index < -0.39 is 0 Å². The molecule has 0 bridgehead atoms. The largest absolute Gasteiger partial charge is 0.353 e. The number of carbonyl (C=O) groups is 1. The zero-order valence-electron chi connectivity index (χ0n) is 14.0. The number of piperazine rings is 1. The Morgan fingerprint density at radius 1 is 1.08 bits per heavy atom. The maximum atomic E-state index is 14.0. The van der Waals surface area contributed by atoms with Crippen LogP contribution in [0.15, 0.2) is 48.7 Å². The van der Waals surface area contributed by atoms with Crippen molar-refractivity contribution in [1.82, 2.24) is 14.5 Å². The summed E-state index contributed by atoms with van der Waals surface area (Å²) in [6.45, 7) is 2.72. The number of aryl methyl sites for hydroxylation is 1. The molecule has 3 aromatic rings. The van der Waals surface area contributed by atoms with Crippen molar-refractivity contribution in [3.8, 4) is 0 Å². The number of hydrogen-bond acceptors (Lipinski definition) is 3. The molecule has 128 valence electrons. The minimum Gasteiger partial charge on any atom is -0.353 e. The highest BCUT2D eigenvalue weighted by Gasteiger charge is 2.25. The van der Waals surface area contributed by atoms with Crippen molar-refractivity contribution in [3.05, 3.63) is 60.2 Å². The first-order chi connectivity index (χ1) is 12.1. The third-order valence-electron chi connectivity index (χ3n) is 4.79. The van der Waals surface area contributed by atoms with Gasteiger partial charge in [0.05, 0.1) is 5.52 Å². The van der Waals surface area contributed by atoms with Crippen LogP contribution in [0.5, 0.6) is 0 Å². The maximum Gasteiger partial charge on any atom is 0.270 e. The van der Waals surface area contributed by atoms with Crippen LogP contribution in [0, 0.1) is 5.82 Å². The topological polar surface area (TPSA) is 41.4 Å². The van der Waals surface area contributed by atoms with Crippen LogP contribution in [0.1, 0.15) is 10.5 Å². The molecule has 6 heteroatoms. The molecular formula is C19H19FN4O. The Bertz CT molecular complexity index is 914. The van der Waals surface area contributed by atoms with Crippen LogP contribution in [0.2, 0.25) is 0 Å². The molecular weight excluding hydrogens is 319 g/mol. The Hall–Kier alpha value is -2.89. The molecule has 4 rings (SSSR count). The van der Waals surface area contributed by atoms with Gasteiger partial charge in [-0.15, -0.1) is 0 Å². The fraction of sp³-hybridized carbons (Fsp3) is 0.263. The summed E-state index contributed by atoms with van der Waals surface area (Å²) in [6.07, 6.45) is 1.77. The van der Waals surface area contributed by atoms with Crippen molar-refractivity contribution in [3.63, 3.8) is 0 Å². The van der Waals surface area contributed by atoms with E-state index in [1.807, 2.05) is 29.2 Å². The Morgan fingerprint density at radius 3 is 2.56 bits per heavy atom. The molecule has 0 saturated carbocycles. The predicted octanol–water partition coefficient (Wildman–Crippen LogP) is 2.67. The third kappa shape index (κ3) is 2.73. The lowest BCUT2D eigenvalue weighted by atomic mass is 10.2. The van der Waals surface area contributed by atoms with Gasteiger partial charge in [0.2, 0.25) is 0 Å². The maximum absolute atomic E-state index is 14.0. The lowest BCUT2D eigenvalue weighted by molar-refractivity contribution is 0.0737. The molecule has 1 aliphatic rings. The highest BCUT2D eigenvalue weighted by atomic mass is 19.1. The van der Waals surface area contributed by atoms with E-state index in [0.717, 1.165) is 24.4 Å². The van der Waals surface area contributed by atoms with Gasteiger partial charge in [-0.2, -0.15) is 0 Å². The number of carbonyl (C=O) groups excluding carboxylic acids is 1. The van der Waals surface area contributed by atoms with E-state index in [1.165, 1.54) is 6.07 Å². The lowest BCUT2D eigenvalue weighted by Gasteiger charge is -2.35. The monoisotopic (exact) mass is 338 g/mol. The Kier molecular flexibility index (Phi) is 3.87. The average molecular weight is 338 g/mol. The number of nitrogens with zero attached hydrogens (tertiary/aromatic N) is 4. The minimum absolute atomic E-state index is 0.0567. The third-order valence-corrected chi connectivity index (χ3v) is 4.79. The Labute approximate surface area is 145 Å². The van der Waals surface area contributed by atoms with E-state index in [-0.39, 0.29) is 11.7 Å². The Balaban J connectivity index is 1.53. The lowest BCUT2D eigenvalue weighted by Crippen LogP contribution is -2.49. The highest BCUT2D eigenvalue weighted by molar-refractivity contribution is 5.99. The SMILES string of the molecule is Cn1c(C(=O)N2CCN(c3ccccn3)CC2)cc2c(F)cccc21. The summed E-state index contributed by atoms with van der Waals surface area (Å²) in [5.74, 6) is 0.576. The normalized spacial score (nSPS) is 15.0. The number of rotatable bonds is 2. The summed E-state index contributed by atoms with van der Waals surface area (Å²) in [7, 11) is 1.80. The van der Waals surface area contributed by atoms with E-state index in [4.69, 9.17) is 0 Å². The number of aromatic nitrogens is 2. The number of halogens is 1. The van der Waals surface area contributed by atoms with E-state index in [1.54, 1.807) is 29.9 Å². The zero-order valence-corrected chi connectivity index (χ0v) is 14.0. The van der Waals surface area contributed by atoms with E-state index in [2.05, 4.69) is 9.88 Å². The predicted molar refractivity (Wildman–Crippen MR) is 95.2 cm³/mol. The summed E-state index contributed by atoms with van der Waals surface area (Å²) < 4.78 is 15.7. The summed E-state index contributed by atoms with van der Waals surface area (Å²) >= 11 is 0. The first-order valence-corrected chi connectivity index (χ1v) is 8.34. The highest BCUT2D eigenvalue weighted by Crippen LogP contribution is 2.23. The van der Waals surface area contributed by atoms with Crippen LogP contribution in [-0.4, -0.2) is 46.5 Å². The fourth-order valence-electron chi connectivity index (χ4n) is 3.37. The van der Waals surface area contributed by atoms with Crippen LogP contribution in [0.4, 0.5) is 10.2 Å². The molecule has 1 saturated heterocycles. The molecule has 0 unspecified atom stereocenters. The number of anilines is 1. The summed E-state index contributed by atoms with van der Waals surface area (Å²) in [4.78, 5) is 21.2. The molecule has 2 aromatic heterocycles. The second-order valence-electron chi connectivity index (χ2n) is 6.23. The van der Waals surface area contributed by atoms with Gasteiger partial charge in [-0.05, 0) is 30.3 Å². The van der Waals surface area contributed by atoms with Crippen LogP contribution < -0.4 is 4.90 Å². The quantitative estimate of drug-likeness (QED) is 0.721. The standard InChI is InChI=1S/C19H19FN4O/c1-22-16-6-4-5-15(20)14(16)13-17(22)19(25)24-11-9-23(10-12-24)18-7-2-3-8-21-18/h2-8,13H,9-12H2,1H3. The molecule has 1 aromatic carbocycles. The molecule has 25 heavy (non-hydrogen) atoms. The van der Waals surface area contributed by atoms with Gasteiger partial charge in [0.25, 0.3) is 5.91 Å². The van der Waals surface area contributed by atoms with Gasteiger partial charge < -0.3 is 14.4 Å². The van der Waals surface area contributed by atoms with Gasteiger partial charge in [0.15, 0.2) is 0 Å².